The molecule has 0 saturated carbocycles. The minimum Gasteiger partial charge on any atom is -0.453 e. The molecule has 0 aliphatic heterocycles. The highest BCUT2D eigenvalue weighted by atomic mass is 16.5. The Bertz CT molecular complexity index is 86.9. The van der Waals surface area contributed by atoms with Crippen molar-refractivity contribution in [2.45, 2.75) is 19.8 Å². The van der Waals surface area contributed by atoms with Gasteiger partial charge >= 0.3 is 6.47 Å². The Morgan fingerprint density at radius 2 is 2.33 bits per heavy atom. The number of hydrogen-bond donors (Lipinski definition) is 0. The van der Waals surface area contributed by atoms with E-state index in [4.69, 9.17) is 0 Å². The lowest BCUT2D eigenvalue weighted by atomic mass is 10.3. The van der Waals surface area contributed by atoms with Crippen molar-refractivity contribution in [2.75, 3.05) is 6.61 Å². The molecule has 1 radical (unpaired) electrons. The number of rotatable bonds is 5. The number of ether oxygens (including phenoxy) is 1. The molecule has 2 nitrogen and oxygen atoms in total. The third-order valence-electron chi connectivity index (χ3n) is 0.860. The van der Waals surface area contributed by atoms with Crippen LogP contribution in [0.25, 0.3) is 0 Å². The molecule has 0 amide bonds. The summed E-state index contributed by atoms with van der Waals surface area (Å²) in [5, 5.41) is 0. The average molecular weight is 127 g/mol. The van der Waals surface area contributed by atoms with Crippen LogP contribution in [0.2, 0.25) is 0 Å². The van der Waals surface area contributed by atoms with Crippen LogP contribution in [-0.4, -0.2) is 13.1 Å². The lowest BCUT2D eigenvalue weighted by Gasteiger charge is -1.86. The summed E-state index contributed by atoms with van der Waals surface area (Å²) in [5.41, 5.74) is 0. The molecule has 0 spiro atoms. The predicted octanol–water partition coefficient (Wildman–Crippen LogP) is 1.43. The average Bonchev–Trinajstić information content (AvgIpc) is 1.89. The fourth-order valence-corrected chi connectivity index (χ4v) is 0.435. The van der Waals surface area contributed by atoms with Gasteiger partial charge in [-0.05, 0) is 6.42 Å². The maximum Gasteiger partial charge on any atom is 0.417 e. The Balaban J connectivity index is 2.94. The SMILES string of the molecule is CCC/C=C/CO[C]=O. The number of unbranched alkanes of at least 4 members (excludes halogenated alkanes) is 1. The van der Waals surface area contributed by atoms with Gasteiger partial charge in [0, 0.05) is 0 Å². The van der Waals surface area contributed by atoms with E-state index in [9.17, 15) is 4.79 Å². The quantitative estimate of drug-likeness (QED) is 0.412. The van der Waals surface area contributed by atoms with Gasteiger partial charge in [-0.25, -0.2) is 4.79 Å². The van der Waals surface area contributed by atoms with Gasteiger partial charge in [0.05, 0.1) is 0 Å². The molecule has 0 aromatic heterocycles. The maximum absolute atomic E-state index is 9.46. The van der Waals surface area contributed by atoms with Crippen molar-refractivity contribution in [1.29, 1.82) is 0 Å². The first-order chi connectivity index (χ1) is 4.41. The van der Waals surface area contributed by atoms with Gasteiger partial charge in [0.15, 0.2) is 0 Å². The zero-order chi connectivity index (χ0) is 6.95. The van der Waals surface area contributed by atoms with Crippen LogP contribution in [0.15, 0.2) is 12.2 Å². The third-order valence-corrected chi connectivity index (χ3v) is 0.860. The Hall–Kier alpha value is -0.790. The van der Waals surface area contributed by atoms with Crippen molar-refractivity contribution in [3.05, 3.63) is 12.2 Å². The van der Waals surface area contributed by atoms with Crippen LogP contribution >= 0.6 is 0 Å². The molecular formula is C7H11O2. The second-order valence-electron chi connectivity index (χ2n) is 1.65. The normalized spacial score (nSPS) is 9.89. The number of hydrogen-bond acceptors (Lipinski definition) is 2. The Morgan fingerprint density at radius 1 is 1.56 bits per heavy atom. The summed E-state index contributed by atoms with van der Waals surface area (Å²) in [6.45, 7) is 3.79. The number of allylic oxidation sites excluding steroid dienone is 1. The monoisotopic (exact) mass is 127 g/mol. The highest BCUT2D eigenvalue weighted by Crippen LogP contribution is 1.87. The topological polar surface area (TPSA) is 26.3 Å². The zero-order valence-corrected chi connectivity index (χ0v) is 5.59. The molecule has 0 N–H and O–H groups in total. The van der Waals surface area contributed by atoms with Crippen LogP contribution in [0.4, 0.5) is 0 Å². The molecule has 51 valence electrons. The van der Waals surface area contributed by atoms with Crippen LogP contribution in [0.3, 0.4) is 0 Å². The van der Waals surface area contributed by atoms with Crippen LogP contribution in [0.5, 0.6) is 0 Å². The van der Waals surface area contributed by atoms with Gasteiger partial charge in [0.2, 0.25) is 0 Å². The molecule has 0 unspecified atom stereocenters. The summed E-state index contributed by atoms with van der Waals surface area (Å²) in [6, 6.07) is 0. The van der Waals surface area contributed by atoms with E-state index in [1.54, 1.807) is 0 Å². The fraction of sp³-hybridized carbons (Fsp3) is 0.571. The molecule has 0 heterocycles. The summed E-state index contributed by atoms with van der Waals surface area (Å²) in [5.74, 6) is 0. The predicted molar refractivity (Wildman–Crippen MR) is 35.7 cm³/mol. The summed E-state index contributed by atoms with van der Waals surface area (Å²) < 4.78 is 4.29. The van der Waals surface area contributed by atoms with E-state index in [1.165, 1.54) is 6.47 Å². The molecule has 0 bridgehead atoms. The first-order valence-electron chi connectivity index (χ1n) is 3.05. The van der Waals surface area contributed by atoms with Crippen molar-refractivity contribution < 1.29 is 9.53 Å². The maximum atomic E-state index is 9.46. The number of carbonyl (C=O) groups excluding carboxylic acids is 1. The Labute approximate surface area is 55.5 Å². The zero-order valence-electron chi connectivity index (χ0n) is 5.59. The molecule has 0 rings (SSSR count). The van der Waals surface area contributed by atoms with E-state index in [-0.39, 0.29) is 0 Å². The van der Waals surface area contributed by atoms with E-state index in [0.29, 0.717) is 6.61 Å². The van der Waals surface area contributed by atoms with Crippen molar-refractivity contribution in [3.63, 3.8) is 0 Å². The van der Waals surface area contributed by atoms with Crippen LogP contribution in [-0.2, 0) is 9.53 Å². The van der Waals surface area contributed by atoms with Gasteiger partial charge in [0.25, 0.3) is 0 Å². The van der Waals surface area contributed by atoms with E-state index in [0.717, 1.165) is 12.8 Å². The molecule has 0 aromatic rings. The minimum atomic E-state index is 0.351. The first-order valence-corrected chi connectivity index (χ1v) is 3.05. The molecule has 9 heavy (non-hydrogen) atoms. The van der Waals surface area contributed by atoms with Crippen LogP contribution in [0.1, 0.15) is 19.8 Å². The second-order valence-corrected chi connectivity index (χ2v) is 1.65. The van der Waals surface area contributed by atoms with Gasteiger partial charge in [-0.2, -0.15) is 0 Å². The van der Waals surface area contributed by atoms with Crippen LogP contribution < -0.4 is 0 Å². The van der Waals surface area contributed by atoms with E-state index >= 15 is 0 Å². The van der Waals surface area contributed by atoms with Gasteiger partial charge in [-0.15, -0.1) is 0 Å². The van der Waals surface area contributed by atoms with Crippen molar-refractivity contribution in [3.8, 4) is 0 Å². The summed E-state index contributed by atoms with van der Waals surface area (Å²) in [6.07, 6.45) is 5.97. The molecule has 0 saturated heterocycles. The lowest BCUT2D eigenvalue weighted by Crippen LogP contribution is -1.84. The molecule has 0 aliphatic carbocycles. The smallest absolute Gasteiger partial charge is 0.417 e. The standard InChI is InChI=1S/C7H11O2/c1-2-3-4-5-6-9-7-8/h4-5H,2-3,6H2,1H3/b5-4+. The van der Waals surface area contributed by atoms with Gasteiger partial charge in [0.1, 0.15) is 6.61 Å². The van der Waals surface area contributed by atoms with Crippen LogP contribution in [0, 0.1) is 0 Å². The molecular weight excluding hydrogens is 116 g/mol. The van der Waals surface area contributed by atoms with Crippen molar-refractivity contribution in [2.24, 2.45) is 0 Å². The first kappa shape index (κ1) is 8.21. The van der Waals surface area contributed by atoms with E-state index < -0.39 is 0 Å². The highest BCUT2D eigenvalue weighted by Gasteiger charge is 1.75. The van der Waals surface area contributed by atoms with Gasteiger partial charge in [-0.1, -0.05) is 25.5 Å². The lowest BCUT2D eigenvalue weighted by molar-refractivity contribution is 0.313. The Morgan fingerprint density at radius 3 is 2.89 bits per heavy atom. The fourth-order valence-electron chi connectivity index (χ4n) is 0.435. The van der Waals surface area contributed by atoms with Gasteiger partial charge < -0.3 is 4.74 Å². The van der Waals surface area contributed by atoms with Crippen molar-refractivity contribution in [1.82, 2.24) is 0 Å². The highest BCUT2D eigenvalue weighted by molar-refractivity contribution is 5.38. The molecule has 0 aliphatic rings. The van der Waals surface area contributed by atoms with Gasteiger partial charge in [-0.3, -0.25) is 0 Å². The van der Waals surface area contributed by atoms with E-state index in [1.807, 2.05) is 12.2 Å². The second kappa shape index (κ2) is 7.21. The molecule has 0 atom stereocenters. The summed E-state index contributed by atoms with van der Waals surface area (Å²) in [7, 11) is 0. The summed E-state index contributed by atoms with van der Waals surface area (Å²) >= 11 is 0. The van der Waals surface area contributed by atoms with E-state index in [2.05, 4.69) is 11.7 Å². The molecule has 0 aromatic carbocycles. The third kappa shape index (κ3) is 7.21. The minimum absolute atomic E-state index is 0.351. The van der Waals surface area contributed by atoms with Crippen molar-refractivity contribution >= 4 is 6.47 Å². The largest absolute Gasteiger partial charge is 0.453 e. The molecule has 0 fully saturated rings. The Kier molecular flexibility index (Phi) is 6.58. The summed E-state index contributed by atoms with van der Waals surface area (Å²) in [4.78, 5) is 9.46. The molecule has 2 heteroatoms.